The van der Waals surface area contributed by atoms with E-state index in [1.165, 1.54) is 24.3 Å². The van der Waals surface area contributed by atoms with Gasteiger partial charge in [0, 0.05) is 6.42 Å². The molecular weight excluding hydrogens is 435 g/mol. The van der Waals surface area contributed by atoms with E-state index in [4.69, 9.17) is 4.74 Å². The molecule has 3 rings (SSSR count). The highest BCUT2D eigenvalue weighted by atomic mass is 19.4. The predicted molar refractivity (Wildman–Crippen MR) is 107 cm³/mol. The van der Waals surface area contributed by atoms with Crippen LogP contribution in [0, 0.1) is 20.8 Å². The lowest BCUT2D eigenvalue weighted by atomic mass is 9.95. The summed E-state index contributed by atoms with van der Waals surface area (Å²) < 4.78 is 73.7. The molecule has 0 saturated heterocycles. The Hall–Kier alpha value is -3.01. The first kappa shape index (κ1) is 23.6. The largest absolute Gasteiger partial charge is 0.483 e. The van der Waals surface area contributed by atoms with Crippen LogP contribution in [0.3, 0.4) is 0 Å². The van der Waals surface area contributed by atoms with Gasteiger partial charge in [-0.25, -0.2) is 0 Å². The van der Waals surface area contributed by atoms with Crippen LogP contribution < -0.4 is 4.74 Å². The molecule has 1 atom stereocenters. The molecule has 2 aromatic rings. The van der Waals surface area contributed by atoms with Crippen LogP contribution in [0.1, 0.15) is 28.7 Å². The number of carbonyl (C=O) groups is 1. The third-order valence-electron chi connectivity index (χ3n) is 5.13. The third kappa shape index (κ3) is 4.06. The van der Waals surface area contributed by atoms with Gasteiger partial charge in [-0.2, -0.15) is 32.1 Å². The van der Waals surface area contributed by atoms with E-state index >= 15 is 0 Å². The molecule has 1 aliphatic rings. The Kier molecular flexibility index (Phi) is 6.03. The normalized spacial score (nSPS) is 19.2. The van der Waals surface area contributed by atoms with Crippen molar-refractivity contribution < 1.29 is 36.6 Å². The zero-order valence-electron chi connectivity index (χ0n) is 17.5. The fourth-order valence-corrected chi connectivity index (χ4v) is 3.66. The molecule has 1 heterocycles. The second kappa shape index (κ2) is 8.16. The number of amides is 1. The second-order valence-electron chi connectivity index (χ2n) is 7.70. The van der Waals surface area contributed by atoms with Gasteiger partial charge >= 0.3 is 12.1 Å². The van der Waals surface area contributed by atoms with Gasteiger partial charge < -0.3 is 9.84 Å². The lowest BCUT2D eigenvalue weighted by Crippen LogP contribution is -2.65. The average molecular weight is 456 g/mol. The maximum atomic E-state index is 14.4. The van der Waals surface area contributed by atoms with Crippen LogP contribution in [0.25, 0.3) is 0 Å². The first-order valence-corrected chi connectivity index (χ1v) is 9.61. The van der Waals surface area contributed by atoms with Crippen molar-refractivity contribution in [2.75, 3.05) is 6.61 Å². The summed E-state index contributed by atoms with van der Waals surface area (Å²) in [5, 5.41) is 14.0. The summed E-state index contributed by atoms with van der Waals surface area (Å²) in [5.74, 6) is -6.70. The quantitative estimate of drug-likeness (QED) is 0.674. The van der Waals surface area contributed by atoms with Crippen molar-refractivity contribution in [1.82, 2.24) is 5.01 Å². The van der Waals surface area contributed by atoms with Crippen LogP contribution in [0.4, 0.5) is 22.0 Å². The number of aryl methyl sites for hydroxylation is 3. The van der Waals surface area contributed by atoms with Crippen molar-refractivity contribution in [1.29, 1.82) is 0 Å². The molecule has 0 spiro atoms. The van der Waals surface area contributed by atoms with Crippen molar-refractivity contribution >= 4 is 11.6 Å². The summed E-state index contributed by atoms with van der Waals surface area (Å²) in [6.07, 6.45) is -7.33. The molecule has 0 bridgehead atoms. The number of carbonyl (C=O) groups excluding carboxylic acids is 1. The molecule has 10 heteroatoms. The molecule has 1 N–H and O–H groups in total. The smallest absolute Gasteiger partial charge is 0.458 e. The van der Waals surface area contributed by atoms with Crippen LogP contribution >= 0.6 is 0 Å². The predicted octanol–water partition coefficient (Wildman–Crippen LogP) is 4.51. The highest BCUT2D eigenvalue weighted by Crippen LogP contribution is 2.49. The standard InChI is InChI=1S/C22H21F5N2O3/c1-13-9-14(2)19(15(3)10-13)32-12-18(30)29-20(31,21(23,24)22(25,26)27)11-17(28-29)16-7-5-4-6-8-16/h4-10,31H,11-12H2,1-3H3/t20-/m1/s1. The molecule has 1 amide bonds. The molecule has 0 radical (unpaired) electrons. The Bertz CT molecular complexity index is 1030. The van der Waals surface area contributed by atoms with Crippen molar-refractivity contribution in [3.05, 3.63) is 64.7 Å². The van der Waals surface area contributed by atoms with Crippen LogP contribution in [0.2, 0.25) is 0 Å². The lowest BCUT2D eigenvalue weighted by Gasteiger charge is -2.37. The highest BCUT2D eigenvalue weighted by molar-refractivity contribution is 6.03. The molecule has 2 aromatic carbocycles. The molecule has 5 nitrogen and oxygen atoms in total. The molecule has 1 aliphatic heterocycles. The Balaban J connectivity index is 1.95. The monoisotopic (exact) mass is 456 g/mol. The number of hydrazone groups is 1. The van der Waals surface area contributed by atoms with E-state index in [0.29, 0.717) is 16.9 Å². The zero-order chi connectivity index (χ0) is 23.9. The van der Waals surface area contributed by atoms with Gasteiger partial charge in [-0.3, -0.25) is 4.79 Å². The second-order valence-corrected chi connectivity index (χ2v) is 7.70. The maximum absolute atomic E-state index is 14.4. The van der Waals surface area contributed by atoms with Gasteiger partial charge in [0.1, 0.15) is 5.75 Å². The number of ether oxygens (including phenoxy) is 1. The summed E-state index contributed by atoms with van der Waals surface area (Å²) in [4.78, 5) is 12.7. The minimum absolute atomic E-state index is 0.199. The number of aliphatic hydroxyl groups is 1. The van der Waals surface area contributed by atoms with Crippen LogP contribution in [0.15, 0.2) is 47.6 Å². The van der Waals surface area contributed by atoms with Gasteiger partial charge in [0.15, 0.2) is 6.61 Å². The van der Waals surface area contributed by atoms with Gasteiger partial charge in [0.25, 0.3) is 5.91 Å². The minimum atomic E-state index is -6.12. The van der Waals surface area contributed by atoms with Gasteiger partial charge in [0.05, 0.1) is 5.71 Å². The summed E-state index contributed by atoms with van der Waals surface area (Å²) in [5.41, 5.74) is -1.79. The lowest BCUT2D eigenvalue weighted by molar-refractivity contribution is -0.363. The number of rotatable bonds is 5. The van der Waals surface area contributed by atoms with E-state index < -0.39 is 36.8 Å². The Morgan fingerprint density at radius 3 is 2.19 bits per heavy atom. The number of halogens is 5. The number of alkyl halides is 5. The molecule has 0 aliphatic carbocycles. The zero-order valence-corrected chi connectivity index (χ0v) is 17.5. The van der Waals surface area contributed by atoms with Gasteiger partial charge in [0.2, 0.25) is 5.72 Å². The van der Waals surface area contributed by atoms with Crippen molar-refractivity contribution in [3.8, 4) is 5.75 Å². The van der Waals surface area contributed by atoms with Crippen LogP contribution in [-0.4, -0.2) is 46.2 Å². The molecular formula is C22H21F5N2O3. The number of hydrogen-bond donors (Lipinski definition) is 1. The van der Waals surface area contributed by atoms with E-state index in [-0.39, 0.29) is 16.3 Å². The summed E-state index contributed by atoms with van der Waals surface area (Å²) in [6.45, 7) is 4.36. The Morgan fingerprint density at radius 2 is 1.66 bits per heavy atom. The summed E-state index contributed by atoms with van der Waals surface area (Å²) in [7, 11) is 0. The molecule has 0 saturated carbocycles. The number of hydrogen-bond acceptors (Lipinski definition) is 4. The van der Waals surface area contributed by atoms with Crippen molar-refractivity contribution in [3.63, 3.8) is 0 Å². The number of benzene rings is 2. The third-order valence-corrected chi connectivity index (χ3v) is 5.13. The van der Waals surface area contributed by atoms with Gasteiger partial charge in [-0.15, -0.1) is 0 Å². The molecule has 0 fully saturated rings. The first-order chi connectivity index (χ1) is 14.8. The number of nitrogens with zero attached hydrogens (tertiary/aromatic N) is 2. The maximum Gasteiger partial charge on any atom is 0.458 e. The Morgan fingerprint density at radius 1 is 1.09 bits per heavy atom. The van der Waals surface area contributed by atoms with Gasteiger partial charge in [-0.1, -0.05) is 48.0 Å². The van der Waals surface area contributed by atoms with E-state index in [0.717, 1.165) is 5.56 Å². The fraction of sp³-hybridized carbons (Fsp3) is 0.364. The van der Waals surface area contributed by atoms with E-state index in [9.17, 15) is 31.9 Å². The SMILES string of the molecule is Cc1cc(C)c(OCC(=O)N2N=C(c3ccccc3)C[C@@]2(O)C(F)(F)C(F)(F)F)c(C)c1. The minimum Gasteiger partial charge on any atom is -0.483 e. The van der Waals surface area contributed by atoms with Crippen LogP contribution in [0.5, 0.6) is 5.75 Å². The van der Waals surface area contributed by atoms with Gasteiger partial charge in [-0.05, 0) is 37.5 Å². The molecule has 172 valence electrons. The summed E-state index contributed by atoms with van der Waals surface area (Å²) >= 11 is 0. The molecule has 32 heavy (non-hydrogen) atoms. The Labute approximate surface area is 181 Å². The van der Waals surface area contributed by atoms with Crippen molar-refractivity contribution in [2.45, 2.75) is 45.0 Å². The van der Waals surface area contributed by atoms with E-state index in [1.807, 2.05) is 6.92 Å². The van der Waals surface area contributed by atoms with Crippen LogP contribution in [-0.2, 0) is 4.79 Å². The summed E-state index contributed by atoms with van der Waals surface area (Å²) in [6, 6.07) is 11.0. The average Bonchev–Trinajstić information content (AvgIpc) is 3.06. The fourth-order valence-electron chi connectivity index (χ4n) is 3.66. The molecule has 0 aromatic heterocycles. The topological polar surface area (TPSA) is 62.1 Å². The first-order valence-electron chi connectivity index (χ1n) is 9.61. The highest BCUT2D eigenvalue weighted by Gasteiger charge is 2.75. The van der Waals surface area contributed by atoms with E-state index in [2.05, 4.69) is 5.10 Å². The van der Waals surface area contributed by atoms with E-state index in [1.54, 1.807) is 32.0 Å². The van der Waals surface area contributed by atoms with Crippen molar-refractivity contribution in [2.24, 2.45) is 5.10 Å². The molecule has 0 unspecified atom stereocenters.